The molecule has 76 valence electrons. The SMILES string of the molecule is CC(=O)O.[H-].[H-].[Mg+2].c1ccc2ccccc2c1. The third-order valence-electron chi connectivity index (χ3n) is 1.66. The van der Waals surface area contributed by atoms with E-state index in [1.54, 1.807) is 0 Å². The van der Waals surface area contributed by atoms with Crippen LogP contribution >= 0.6 is 0 Å². The summed E-state index contributed by atoms with van der Waals surface area (Å²) in [7, 11) is 0. The largest absolute Gasteiger partial charge is 2.00 e. The van der Waals surface area contributed by atoms with Gasteiger partial charge in [0.05, 0.1) is 0 Å². The molecular weight excluding hydrogens is 200 g/mol. The van der Waals surface area contributed by atoms with Gasteiger partial charge in [-0.1, -0.05) is 48.5 Å². The minimum absolute atomic E-state index is 0. The third kappa shape index (κ3) is 5.39. The van der Waals surface area contributed by atoms with Gasteiger partial charge in [0.15, 0.2) is 0 Å². The van der Waals surface area contributed by atoms with Gasteiger partial charge in [0.2, 0.25) is 0 Å². The number of carbonyl (C=O) groups is 1. The Balaban J connectivity index is -0.000000252. The number of fused-ring (bicyclic) bond motifs is 1. The Bertz CT molecular complexity index is 366. The van der Waals surface area contributed by atoms with E-state index in [0.29, 0.717) is 0 Å². The molecule has 0 bridgehead atoms. The first kappa shape index (κ1) is 13.9. The van der Waals surface area contributed by atoms with Crippen molar-refractivity contribution in [2.75, 3.05) is 0 Å². The monoisotopic (exact) mass is 214 g/mol. The fraction of sp³-hybridized carbons (Fsp3) is 0.0833. The van der Waals surface area contributed by atoms with Gasteiger partial charge in [0, 0.05) is 6.92 Å². The molecule has 15 heavy (non-hydrogen) atoms. The Kier molecular flexibility index (Phi) is 6.74. The van der Waals surface area contributed by atoms with E-state index in [-0.39, 0.29) is 25.9 Å². The van der Waals surface area contributed by atoms with E-state index in [1.807, 2.05) is 0 Å². The van der Waals surface area contributed by atoms with Crippen molar-refractivity contribution in [1.82, 2.24) is 0 Å². The standard InChI is InChI=1S/C10H8.C2H4O2.Mg.2H/c1-2-6-10-8-4-3-7-9(10)5-1;1-2(3)4;;;/h1-8H;1H3,(H,3,4);;;/q;;+2;2*-1. The molecule has 0 aromatic heterocycles. The molecule has 0 amide bonds. The maximum Gasteiger partial charge on any atom is 2.00 e. The molecule has 3 heteroatoms. The zero-order valence-corrected chi connectivity index (χ0v) is 10.1. The molecule has 0 spiro atoms. The minimum Gasteiger partial charge on any atom is -1.00 e. The van der Waals surface area contributed by atoms with Gasteiger partial charge >= 0.3 is 23.1 Å². The number of hydrogen-bond donors (Lipinski definition) is 1. The summed E-state index contributed by atoms with van der Waals surface area (Å²) in [4.78, 5) is 9.00. The molecule has 2 rings (SSSR count). The smallest absolute Gasteiger partial charge is 1.00 e. The number of carboxylic acid groups (broad SMARTS) is 1. The molecular formula is C12H14MgO2. The Hall–Kier alpha value is -1.06. The molecule has 0 radical (unpaired) electrons. The zero-order chi connectivity index (χ0) is 10.4. The molecule has 0 heterocycles. The van der Waals surface area contributed by atoms with Gasteiger partial charge in [-0.2, -0.15) is 0 Å². The van der Waals surface area contributed by atoms with Crippen LogP contribution < -0.4 is 0 Å². The Morgan fingerprint density at radius 2 is 1.20 bits per heavy atom. The Morgan fingerprint density at radius 1 is 1.00 bits per heavy atom. The van der Waals surface area contributed by atoms with Crippen molar-refractivity contribution in [2.45, 2.75) is 6.92 Å². The van der Waals surface area contributed by atoms with Gasteiger partial charge in [-0.3, -0.25) is 4.79 Å². The molecule has 2 nitrogen and oxygen atoms in total. The fourth-order valence-electron chi connectivity index (χ4n) is 1.13. The van der Waals surface area contributed by atoms with Crippen molar-refractivity contribution in [3.8, 4) is 0 Å². The molecule has 2 aromatic carbocycles. The average molecular weight is 215 g/mol. The molecule has 0 aliphatic carbocycles. The molecule has 0 saturated heterocycles. The quantitative estimate of drug-likeness (QED) is 0.685. The summed E-state index contributed by atoms with van der Waals surface area (Å²) in [5.41, 5.74) is 0. The summed E-state index contributed by atoms with van der Waals surface area (Å²) in [5, 5.41) is 10.0. The third-order valence-corrected chi connectivity index (χ3v) is 1.66. The van der Waals surface area contributed by atoms with Crippen LogP contribution in [0.2, 0.25) is 0 Å². The van der Waals surface area contributed by atoms with Crippen LogP contribution in [0.15, 0.2) is 48.5 Å². The van der Waals surface area contributed by atoms with Gasteiger partial charge in [-0.15, -0.1) is 0 Å². The first-order chi connectivity index (χ1) is 6.70. The topological polar surface area (TPSA) is 37.3 Å². The van der Waals surface area contributed by atoms with Crippen molar-refractivity contribution in [1.29, 1.82) is 0 Å². The van der Waals surface area contributed by atoms with Crippen LogP contribution in [0.1, 0.15) is 9.78 Å². The molecule has 0 fully saturated rings. The first-order valence-corrected chi connectivity index (χ1v) is 4.33. The van der Waals surface area contributed by atoms with Crippen molar-refractivity contribution >= 4 is 39.8 Å². The Labute approximate surface area is 108 Å². The second-order valence-electron chi connectivity index (χ2n) is 2.87. The van der Waals surface area contributed by atoms with E-state index >= 15 is 0 Å². The van der Waals surface area contributed by atoms with Crippen LogP contribution in [0, 0.1) is 0 Å². The van der Waals surface area contributed by atoms with E-state index in [9.17, 15) is 0 Å². The molecule has 0 aliphatic heterocycles. The number of rotatable bonds is 0. The predicted molar refractivity (Wildman–Crippen MR) is 65.2 cm³/mol. The van der Waals surface area contributed by atoms with Crippen molar-refractivity contribution in [3.05, 3.63) is 48.5 Å². The summed E-state index contributed by atoms with van der Waals surface area (Å²) < 4.78 is 0. The number of benzene rings is 2. The van der Waals surface area contributed by atoms with Crippen molar-refractivity contribution in [3.63, 3.8) is 0 Å². The molecule has 0 atom stereocenters. The van der Waals surface area contributed by atoms with E-state index in [0.717, 1.165) is 6.92 Å². The average Bonchev–Trinajstić information content (AvgIpc) is 2.17. The molecule has 1 N–H and O–H groups in total. The Morgan fingerprint density at radius 3 is 1.40 bits per heavy atom. The summed E-state index contributed by atoms with van der Waals surface area (Å²) in [6, 6.07) is 16.7. The summed E-state index contributed by atoms with van der Waals surface area (Å²) in [6.45, 7) is 1.08. The summed E-state index contributed by atoms with van der Waals surface area (Å²) >= 11 is 0. The minimum atomic E-state index is -0.833. The maximum atomic E-state index is 9.00. The normalized spacial score (nSPS) is 8.33. The van der Waals surface area contributed by atoms with Gasteiger partial charge < -0.3 is 7.96 Å². The predicted octanol–water partition coefficient (Wildman–Crippen LogP) is 2.77. The zero-order valence-electron chi connectivity index (χ0n) is 10.7. The first-order valence-electron chi connectivity index (χ1n) is 4.33. The van der Waals surface area contributed by atoms with Crippen LogP contribution in [0.5, 0.6) is 0 Å². The number of hydrogen-bond acceptors (Lipinski definition) is 1. The van der Waals surface area contributed by atoms with E-state index in [2.05, 4.69) is 48.5 Å². The molecule has 0 unspecified atom stereocenters. The van der Waals surface area contributed by atoms with Gasteiger partial charge in [-0.25, -0.2) is 0 Å². The van der Waals surface area contributed by atoms with Crippen LogP contribution in [0.4, 0.5) is 0 Å². The van der Waals surface area contributed by atoms with Crippen LogP contribution in [-0.4, -0.2) is 34.1 Å². The maximum absolute atomic E-state index is 9.00. The van der Waals surface area contributed by atoms with Crippen LogP contribution in [0.3, 0.4) is 0 Å². The van der Waals surface area contributed by atoms with Gasteiger partial charge in [-0.05, 0) is 10.8 Å². The van der Waals surface area contributed by atoms with E-state index in [1.165, 1.54) is 10.8 Å². The van der Waals surface area contributed by atoms with Crippen LogP contribution in [-0.2, 0) is 4.79 Å². The van der Waals surface area contributed by atoms with E-state index < -0.39 is 5.97 Å². The second-order valence-corrected chi connectivity index (χ2v) is 2.87. The van der Waals surface area contributed by atoms with Crippen molar-refractivity contribution in [2.24, 2.45) is 0 Å². The molecule has 0 saturated carbocycles. The second kappa shape index (κ2) is 7.26. The summed E-state index contributed by atoms with van der Waals surface area (Å²) in [5.74, 6) is -0.833. The van der Waals surface area contributed by atoms with Gasteiger partial charge in [0.25, 0.3) is 5.97 Å². The van der Waals surface area contributed by atoms with Crippen LogP contribution in [0.25, 0.3) is 10.8 Å². The van der Waals surface area contributed by atoms with Crippen molar-refractivity contribution < 1.29 is 12.8 Å². The molecule has 0 aliphatic rings. The summed E-state index contributed by atoms with van der Waals surface area (Å²) in [6.07, 6.45) is 0. The van der Waals surface area contributed by atoms with E-state index in [4.69, 9.17) is 9.90 Å². The van der Waals surface area contributed by atoms with Gasteiger partial charge in [0.1, 0.15) is 0 Å². The molecule has 2 aromatic rings. The number of aliphatic carboxylic acids is 1. The fourth-order valence-corrected chi connectivity index (χ4v) is 1.13. The number of carboxylic acids is 1.